The summed E-state index contributed by atoms with van der Waals surface area (Å²) in [5.74, 6) is 1.04. The molecule has 0 aromatic rings. The highest BCUT2D eigenvalue weighted by molar-refractivity contribution is 4.88. The van der Waals surface area contributed by atoms with E-state index in [4.69, 9.17) is 4.74 Å². The second kappa shape index (κ2) is 5.65. The summed E-state index contributed by atoms with van der Waals surface area (Å²) in [6, 6.07) is 0.627. The van der Waals surface area contributed by atoms with Crippen LogP contribution >= 0.6 is 0 Å². The van der Waals surface area contributed by atoms with Crippen molar-refractivity contribution in [1.29, 1.82) is 0 Å². The third-order valence-corrected chi connectivity index (χ3v) is 4.27. The van der Waals surface area contributed by atoms with Gasteiger partial charge >= 0.3 is 0 Å². The Morgan fingerprint density at radius 2 is 2.18 bits per heavy atom. The molecule has 2 aliphatic heterocycles. The van der Waals surface area contributed by atoms with E-state index in [2.05, 4.69) is 30.8 Å². The molecule has 2 aliphatic rings. The van der Waals surface area contributed by atoms with Gasteiger partial charge in [-0.25, -0.2) is 0 Å². The number of likely N-dealkylation sites (N-methyl/N-ethyl adjacent to an activating group) is 1. The fourth-order valence-corrected chi connectivity index (χ4v) is 3.14. The van der Waals surface area contributed by atoms with E-state index in [9.17, 15) is 5.11 Å². The van der Waals surface area contributed by atoms with Gasteiger partial charge in [-0.15, -0.1) is 0 Å². The van der Waals surface area contributed by atoms with Crippen molar-refractivity contribution in [3.05, 3.63) is 0 Å². The van der Waals surface area contributed by atoms with Crippen molar-refractivity contribution in [2.75, 3.05) is 46.9 Å². The Hall–Kier alpha value is -0.160. The number of hydrogen-bond acceptors (Lipinski definition) is 4. The summed E-state index contributed by atoms with van der Waals surface area (Å²) in [6.45, 7) is 6.85. The highest BCUT2D eigenvalue weighted by Gasteiger charge is 2.33. The second-order valence-corrected chi connectivity index (χ2v) is 5.92. The summed E-state index contributed by atoms with van der Waals surface area (Å²) >= 11 is 0. The van der Waals surface area contributed by atoms with Gasteiger partial charge in [-0.1, -0.05) is 6.92 Å². The fourth-order valence-electron chi connectivity index (χ4n) is 3.14. The Morgan fingerprint density at radius 1 is 1.41 bits per heavy atom. The minimum Gasteiger partial charge on any atom is -0.391 e. The van der Waals surface area contributed by atoms with Gasteiger partial charge in [0.05, 0.1) is 12.7 Å². The lowest BCUT2D eigenvalue weighted by atomic mass is 10.0. The Labute approximate surface area is 105 Å². The first-order chi connectivity index (χ1) is 8.08. The van der Waals surface area contributed by atoms with Crippen LogP contribution in [0.2, 0.25) is 0 Å². The number of aliphatic hydroxyl groups is 1. The lowest BCUT2D eigenvalue weighted by molar-refractivity contribution is 0.0608. The largest absolute Gasteiger partial charge is 0.391 e. The molecule has 100 valence electrons. The molecule has 0 aliphatic carbocycles. The Balaban J connectivity index is 1.80. The number of likely N-dealkylation sites (tertiary alicyclic amines) is 1. The van der Waals surface area contributed by atoms with Crippen molar-refractivity contribution in [1.82, 2.24) is 9.80 Å². The molecule has 2 saturated heterocycles. The molecule has 0 saturated carbocycles. The van der Waals surface area contributed by atoms with Crippen LogP contribution in [0.3, 0.4) is 0 Å². The van der Waals surface area contributed by atoms with Crippen molar-refractivity contribution in [3.63, 3.8) is 0 Å². The highest BCUT2D eigenvalue weighted by atomic mass is 16.5. The standard InChI is InChI=1S/C13H26N2O2/c1-10-6-15(7-12(10)14(2)3)8-13(16)11-4-5-17-9-11/h10-13,16H,4-9H2,1-3H3. The molecule has 0 aromatic carbocycles. The zero-order valence-corrected chi connectivity index (χ0v) is 11.3. The zero-order chi connectivity index (χ0) is 12.4. The molecule has 0 radical (unpaired) electrons. The van der Waals surface area contributed by atoms with E-state index in [-0.39, 0.29) is 6.10 Å². The zero-order valence-electron chi connectivity index (χ0n) is 11.3. The van der Waals surface area contributed by atoms with Crippen LogP contribution in [-0.2, 0) is 4.74 Å². The van der Waals surface area contributed by atoms with Gasteiger partial charge in [0.25, 0.3) is 0 Å². The van der Waals surface area contributed by atoms with Gasteiger partial charge in [0.15, 0.2) is 0 Å². The van der Waals surface area contributed by atoms with Gasteiger partial charge in [0, 0.05) is 38.2 Å². The fraction of sp³-hybridized carbons (Fsp3) is 1.00. The number of aliphatic hydroxyl groups excluding tert-OH is 1. The van der Waals surface area contributed by atoms with Crippen molar-refractivity contribution in [3.8, 4) is 0 Å². The number of rotatable bonds is 4. The van der Waals surface area contributed by atoms with Gasteiger partial charge in [-0.3, -0.25) is 4.90 Å². The lowest BCUT2D eigenvalue weighted by Crippen LogP contribution is -2.38. The molecule has 0 aromatic heterocycles. The van der Waals surface area contributed by atoms with Crippen LogP contribution in [0.15, 0.2) is 0 Å². The van der Waals surface area contributed by atoms with E-state index in [1.54, 1.807) is 0 Å². The van der Waals surface area contributed by atoms with E-state index < -0.39 is 0 Å². The van der Waals surface area contributed by atoms with Crippen molar-refractivity contribution >= 4 is 0 Å². The number of nitrogens with zero attached hydrogens (tertiary/aromatic N) is 2. The predicted octanol–water partition coefficient (Wildman–Crippen LogP) is 0.266. The third kappa shape index (κ3) is 3.19. The molecule has 0 bridgehead atoms. The van der Waals surface area contributed by atoms with E-state index in [1.165, 1.54) is 0 Å². The Morgan fingerprint density at radius 3 is 2.71 bits per heavy atom. The van der Waals surface area contributed by atoms with Gasteiger partial charge in [-0.05, 0) is 26.4 Å². The topological polar surface area (TPSA) is 35.9 Å². The first-order valence-corrected chi connectivity index (χ1v) is 6.72. The average Bonchev–Trinajstić information content (AvgIpc) is 2.86. The maximum Gasteiger partial charge on any atom is 0.0718 e. The molecule has 17 heavy (non-hydrogen) atoms. The quantitative estimate of drug-likeness (QED) is 0.767. The lowest BCUT2D eigenvalue weighted by Gasteiger charge is -2.24. The Bertz CT molecular complexity index is 242. The Kier molecular flexibility index (Phi) is 4.42. The summed E-state index contributed by atoms with van der Waals surface area (Å²) in [6.07, 6.45) is 0.799. The van der Waals surface area contributed by atoms with Crippen LogP contribution in [0.4, 0.5) is 0 Å². The maximum absolute atomic E-state index is 10.2. The molecule has 4 nitrogen and oxygen atoms in total. The van der Waals surface area contributed by atoms with Crippen molar-refractivity contribution < 1.29 is 9.84 Å². The summed E-state index contributed by atoms with van der Waals surface area (Å²) < 4.78 is 5.34. The van der Waals surface area contributed by atoms with E-state index in [1.807, 2.05) is 0 Å². The van der Waals surface area contributed by atoms with Crippen LogP contribution < -0.4 is 0 Å². The minimum absolute atomic E-state index is 0.217. The van der Waals surface area contributed by atoms with Crippen LogP contribution in [0, 0.1) is 11.8 Å². The molecular weight excluding hydrogens is 216 g/mol. The predicted molar refractivity (Wildman–Crippen MR) is 68.0 cm³/mol. The van der Waals surface area contributed by atoms with Gasteiger partial charge < -0.3 is 14.7 Å². The molecule has 0 spiro atoms. The normalized spacial score (nSPS) is 36.9. The van der Waals surface area contributed by atoms with Crippen LogP contribution in [0.1, 0.15) is 13.3 Å². The number of ether oxygens (including phenoxy) is 1. The molecule has 4 unspecified atom stereocenters. The van der Waals surface area contributed by atoms with Gasteiger partial charge in [0.1, 0.15) is 0 Å². The van der Waals surface area contributed by atoms with E-state index in [0.717, 1.165) is 39.3 Å². The molecule has 4 heteroatoms. The van der Waals surface area contributed by atoms with Crippen molar-refractivity contribution in [2.45, 2.75) is 25.5 Å². The molecule has 1 N–H and O–H groups in total. The van der Waals surface area contributed by atoms with Crippen LogP contribution in [0.25, 0.3) is 0 Å². The average molecular weight is 242 g/mol. The molecule has 2 fully saturated rings. The molecule has 4 atom stereocenters. The van der Waals surface area contributed by atoms with Gasteiger partial charge in [-0.2, -0.15) is 0 Å². The maximum atomic E-state index is 10.2. The van der Waals surface area contributed by atoms with E-state index in [0.29, 0.717) is 17.9 Å². The molecule has 2 heterocycles. The second-order valence-electron chi connectivity index (χ2n) is 5.92. The third-order valence-electron chi connectivity index (χ3n) is 4.27. The monoisotopic (exact) mass is 242 g/mol. The summed E-state index contributed by atoms with van der Waals surface area (Å²) in [5, 5.41) is 10.2. The highest BCUT2D eigenvalue weighted by Crippen LogP contribution is 2.23. The number of hydrogen-bond donors (Lipinski definition) is 1. The first-order valence-electron chi connectivity index (χ1n) is 6.72. The molecule has 2 rings (SSSR count). The summed E-state index contributed by atoms with van der Waals surface area (Å²) in [5.41, 5.74) is 0. The van der Waals surface area contributed by atoms with Crippen molar-refractivity contribution in [2.24, 2.45) is 11.8 Å². The van der Waals surface area contributed by atoms with E-state index >= 15 is 0 Å². The minimum atomic E-state index is -0.217. The first kappa shape index (κ1) is 13.3. The van der Waals surface area contributed by atoms with Crippen LogP contribution in [0.5, 0.6) is 0 Å². The molecular formula is C13H26N2O2. The van der Waals surface area contributed by atoms with Gasteiger partial charge in [0.2, 0.25) is 0 Å². The molecule has 0 amide bonds. The van der Waals surface area contributed by atoms with Crippen LogP contribution in [-0.4, -0.2) is 74.0 Å². The summed E-state index contributed by atoms with van der Waals surface area (Å²) in [7, 11) is 4.29. The number of β-amino-alcohol motifs (C(OH)–C–C–N with tert-alkyl or cyclic N) is 1. The smallest absolute Gasteiger partial charge is 0.0718 e. The summed E-state index contributed by atoms with van der Waals surface area (Å²) in [4.78, 5) is 4.70. The SMILES string of the molecule is CC1CN(CC(O)C2CCOC2)CC1N(C)C.